The van der Waals surface area contributed by atoms with E-state index in [1.54, 1.807) is 0 Å². The number of carbonyl (C=O) groups is 1. The van der Waals surface area contributed by atoms with E-state index in [4.69, 9.17) is 4.98 Å². The second kappa shape index (κ2) is 10.9. The molecule has 1 amide bonds. The van der Waals surface area contributed by atoms with Crippen molar-refractivity contribution in [2.75, 3.05) is 26.2 Å². The minimum Gasteiger partial charge on any atom is -0.340 e. The maximum Gasteiger partial charge on any atom is 0.261 e. The Balaban J connectivity index is 1.40. The molecule has 184 valence electrons. The number of fused-ring (bicyclic) bond motifs is 1. The van der Waals surface area contributed by atoms with E-state index < -0.39 is 0 Å². The molecule has 0 bridgehead atoms. The fourth-order valence-corrected chi connectivity index (χ4v) is 5.13. The Hall–Kier alpha value is -3.77. The highest BCUT2D eigenvalue weighted by Gasteiger charge is 2.29. The number of carbonyl (C=O) groups excluding carboxylic acids is 1. The molecular formula is C30H32N4O2. The van der Waals surface area contributed by atoms with Gasteiger partial charge in [-0.15, -0.1) is 0 Å². The van der Waals surface area contributed by atoms with Gasteiger partial charge in [-0.1, -0.05) is 79.7 Å². The molecule has 36 heavy (non-hydrogen) atoms. The minimum absolute atomic E-state index is 0.00241. The van der Waals surface area contributed by atoms with Crippen molar-refractivity contribution in [3.05, 3.63) is 112 Å². The summed E-state index contributed by atoms with van der Waals surface area (Å²) in [5.74, 6) is 0.966. The molecule has 1 atom stereocenters. The Morgan fingerprint density at radius 1 is 0.833 bits per heavy atom. The van der Waals surface area contributed by atoms with Crippen LogP contribution in [0.1, 0.15) is 36.3 Å². The molecule has 4 aromatic rings. The van der Waals surface area contributed by atoms with Crippen LogP contribution in [-0.4, -0.2) is 51.4 Å². The molecular weight excluding hydrogens is 448 g/mol. The van der Waals surface area contributed by atoms with Gasteiger partial charge in [0.15, 0.2) is 0 Å². The van der Waals surface area contributed by atoms with Crippen LogP contribution in [0.15, 0.2) is 89.7 Å². The van der Waals surface area contributed by atoms with Gasteiger partial charge in [-0.25, -0.2) is 4.98 Å². The van der Waals surface area contributed by atoms with Gasteiger partial charge in [0.2, 0.25) is 5.91 Å². The zero-order chi connectivity index (χ0) is 24.9. The molecule has 0 radical (unpaired) electrons. The summed E-state index contributed by atoms with van der Waals surface area (Å²) >= 11 is 0. The standard InChI is InChI=1S/C30H32N4O2/c1-2-27(32-17-19-33(20-18-32)28(35)21-23-11-5-3-6-12-23)29-31-26-16-10-9-15-25(26)30(36)34(29)22-24-13-7-4-8-14-24/h3-16,27H,2,17-22H2,1H3. The molecule has 0 N–H and O–H groups in total. The van der Waals surface area contributed by atoms with E-state index in [9.17, 15) is 9.59 Å². The van der Waals surface area contributed by atoms with Gasteiger partial charge in [-0.3, -0.25) is 19.1 Å². The first kappa shape index (κ1) is 23.9. The number of benzene rings is 3. The summed E-state index contributed by atoms with van der Waals surface area (Å²) in [6.45, 7) is 5.50. The molecule has 1 aliphatic rings. The van der Waals surface area contributed by atoms with E-state index in [0.717, 1.165) is 42.0 Å². The predicted octanol–water partition coefficient (Wildman–Crippen LogP) is 4.28. The second-order valence-corrected chi connectivity index (χ2v) is 9.37. The molecule has 1 aliphatic heterocycles. The molecule has 1 fully saturated rings. The predicted molar refractivity (Wildman–Crippen MR) is 143 cm³/mol. The Morgan fingerprint density at radius 2 is 1.44 bits per heavy atom. The molecule has 1 saturated heterocycles. The number of para-hydroxylation sites is 1. The number of rotatable bonds is 7. The average molecular weight is 481 g/mol. The molecule has 0 aliphatic carbocycles. The largest absolute Gasteiger partial charge is 0.340 e. The monoisotopic (exact) mass is 480 g/mol. The third-order valence-electron chi connectivity index (χ3n) is 7.07. The SMILES string of the molecule is CCC(c1nc2ccccc2c(=O)n1Cc1ccccc1)N1CCN(C(=O)Cc2ccccc2)CC1. The second-order valence-electron chi connectivity index (χ2n) is 9.37. The highest BCUT2D eigenvalue weighted by atomic mass is 16.2. The fraction of sp³-hybridized carbons (Fsp3) is 0.300. The van der Waals surface area contributed by atoms with E-state index in [2.05, 4.69) is 11.8 Å². The lowest BCUT2D eigenvalue weighted by molar-refractivity contribution is -0.132. The van der Waals surface area contributed by atoms with Gasteiger partial charge in [-0.05, 0) is 29.7 Å². The minimum atomic E-state index is -0.00502. The summed E-state index contributed by atoms with van der Waals surface area (Å²) in [4.78, 5) is 35.9. The Bertz CT molecular complexity index is 1380. The normalized spacial score (nSPS) is 15.2. The van der Waals surface area contributed by atoms with Crippen LogP contribution in [0.3, 0.4) is 0 Å². The van der Waals surface area contributed by atoms with Crippen molar-refractivity contribution < 1.29 is 4.79 Å². The molecule has 5 rings (SSSR count). The first-order valence-corrected chi connectivity index (χ1v) is 12.7. The topological polar surface area (TPSA) is 58.4 Å². The van der Waals surface area contributed by atoms with Gasteiger partial charge >= 0.3 is 0 Å². The molecule has 1 unspecified atom stereocenters. The molecule has 0 saturated carbocycles. The van der Waals surface area contributed by atoms with Crippen molar-refractivity contribution in [3.8, 4) is 0 Å². The highest BCUT2D eigenvalue weighted by molar-refractivity contribution is 5.79. The van der Waals surface area contributed by atoms with Crippen molar-refractivity contribution in [1.82, 2.24) is 19.4 Å². The number of amides is 1. The number of hydrogen-bond acceptors (Lipinski definition) is 4. The number of aromatic nitrogens is 2. The van der Waals surface area contributed by atoms with E-state index in [-0.39, 0.29) is 17.5 Å². The molecule has 1 aromatic heterocycles. The zero-order valence-corrected chi connectivity index (χ0v) is 20.7. The van der Waals surface area contributed by atoms with Gasteiger partial charge in [-0.2, -0.15) is 0 Å². The quantitative estimate of drug-likeness (QED) is 0.396. The van der Waals surface area contributed by atoms with E-state index in [1.807, 2.05) is 94.4 Å². The smallest absolute Gasteiger partial charge is 0.261 e. The van der Waals surface area contributed by atoms with Crippen molar-refractivity contribution >= 4 is 16.8 Å². The van der Waals surface area contributed by atoms with Crippen molar-refractivity contribution in [3.63, 3.8) is 0 Å². The maximum atomic E-state index is 13.6. The third-order valence-corrected chi connectivity index (χ3v) is 7.07. The van der Waals surface area contributed by atoms with Gasteiger partial charge in [0.05, 0.1) is 29.9 Å². The molecule has 6 nitrogen and oxygen atoms in total. The third kappa shape index (κ3) is 5.09. The molecule has 3 aromatic carbocycles. The Labute approximate surface area is 211 Å². The van der Waals surface area contributed by atoms with Crippen LogP contribution >= 0.6 is 0 Å². The van der Waals surface area contributed by atoms with Gasteiger partial charge < -0.3 is 4.90 Å². The van der Waals surface area contributed by atoms with E-state index >= 15 is 0 Å². The van der Waals surface area contributed by atoms with Crippen LogP contribution < -0.4 is 5.56 Å². The number of piperazine rings is 1. The Morgan fingerprint density at radius 3 is 2.11 bits per heavy atom. The summed E-state index contributed by atoms with van der Waals surface area (Å²) in [5, 5.41) is 0.642. The van der Waals surface area contributed by atoms with Crippen LogP contribution in [0, 0.1) is 0 Å². The van der Waals surface area contributed by atoms with Gasteiger partial charge in [0.25, 0.3) is 5.56 Å². The average Bonchev–Trinajstić information content (AvgIpc) is 2.93. The first-order chi connectivity index (χ1) is 17.6. The van der Waals surface area contributed by atoms with Crippen LogP contribution in [0.2, 0.25) is 0 Å². The summed E-state index contributed by atoms with van der Waals surface area (Å²) < 4.78 is 1.85. The lowest BCUT2D eigenvalue weighted by atomic mass is 10.1. The van der Waals surface area contributed by atoms with Crippen LogP contribution in [0.5, 0.6) is 0 Å². The van der Waals surface area contributed by atoms with E-state index in [0.29, 0.717) is 31.4 Å². The summed E-state index contributed by atoms with van der Waals surface area (Å²) in [7, 11) is 0. The number of nitrogens with zero attached hydrogens (tertiary/aromatic N) is 4. The highest BCUT2D eigenvalue weighted by Crippen LogP contribution is 2.25. The summed E-state index contributed by atoms with van der Waals surface area (Å²) in [6.07, 6.45) is 1.26. The van der Waals surface area contributed by atoms with E-state index in [1.165, 1.54) is 0 Å². The maximum absolute atomic E-state index is 13.6. The van der Waals surface area contributed by atoms with Gasteiger partial charge in [0.1, 0.15) is 5.82 Å². The first-order valence-electron chi connectivity index (χ1n) is 12.7. The lowest BCUT2D eigenvalue weighted by Gasteiger charge is -2.39. The fourth-order valence-electron chi connectivity index (χ4n) is 5.13. The molecule has 6 heteroatoms. The number of hydrogen-bond donors (Lipinski definition) is 0. The van der Waals surface area contributed by atoms with Crippen molar-refractivity contribution in [2.45, 2.75) is 32.4 Å². The van der Waals surface area contributed by atoms with Gasteiger partial charge in [0, 0.05) is 26.2 Å². The van der Waals surface area contributed by atoms with Crippen LogP contribution in [-0.2, 0) is 17.8 Å². The summed E-state index contributed by atoms with van der Waals surface area (Å²) in [6, 6.07) is 27.6. The van der Waals surface area contributed by atoms with Crippen LogP contribution in [0.25, 0.3) is 10.9 Å². The molecule has 0 spiro atoms. The zero-order valence-electron chi connectivity index (χ0n) is 20.7. The molecule has 2 heterocycles. The lowest BCUT2D eigenvalue weighted by Crippen LogP contribution is -2.50. The van der Waals surface area contributed by atoms with Crippen molar-refractivity contribution in [1.29, 1.82) is 0 Å². The van der Waals surface area contributed by atoms with Crippen molar-refractivity contribution in [2.24, 2.45) is 0 Å². The van der Waals surface area contributed by atoms with Crippen LogP contribution in [0.4, 0.5) is 0 Å². The summed E-state index contributed by atoms with van der Waals surface area (Å²) in [5.41, 5.74) is 2.84. The Kier molecular flexibility index (Phi) is 7.23.